The second-order valence-corrected chi connectivity index (χ2v) is 4.29. The van der Waals surface area contributed by atoms with E-state index in [1.807, 2.05) is 0 Å². The van der Waals surface area contributed by atoms with Gasteiger partial charge in [0.25, 0.3) is 0 Å². The number of oxime groups is 1. The number of thioether (sulfide) groups is 1. The number of rotatable bonds is 2. The van der Waals surface area contributed by atoms with Gasteiger partial charge in [-0.25, -0.2) is 9.97 Å². The predicted octanol–water partition coefficient (Wildman–Crippen LogP) is 1.95. The molecule has 1 saturated carbocycles. The summed E-state index contributed by atoms with van der Waals surface area (Å²) in [5.41, 5.74) is 0.863. The van der Waals surface area contributed by atoms with E-state index < -0.39 is 0 Å². The lowest BCUT2D eigenvalue weighted by molar-refractivity contribution is 0.317. The lowest BCUT2D eigenvalue weighted by Gasteiger charge is -2.06. The lowest BCUT2D eigenvalue weighted by Crippen LogP contribution is -2.09. The molecule has 0 radical (unpaired) electrons. The van der Waals surface area contributed by atoms with Crippen molar-refractivity contribution in [1.82, 2.24) is 9.97 Å². The Morgan fingerprint density at radius 3 is 2.93 bits per heavy atom. The average Bonchev–Trinajstić information content (AvgIpc) is 2.67. The Hall–Kier alpha value is -1.10. The highest BCUT2D eigenvalue weighted by molar-refractivity contribution is 8.00. The van der Waals surface area contributed by atoms with Crippen LogP contribution >= 0.6 is 11.8 Å². The van der Waals surface area contributed by atoms with Gasteiger partial charge in [-0.15, -0.1) is 0 Å². The minimum absolute atomic E-state index is 0.252. The zero-order valence-electron chi connectivity index (χ0n) is 7.63. The van der Waals surface area contributed by atoms with E-state index in [-0.39, 0.29) is 5.25 Å². The highest BCUT2D eigenvalue weighted by Gasteiger charge is 2.24. The van der Waals surface area contributed by atoms with Crippen LogP contribution in [0.3, 0.4) is 0 Å². The van der Waals surface area contributed by atoms with Gasteiger partial charge in [0.15, 0.2) is 5.16 Å². The third-order valence-corrected chi connectivity index (χ3v) is 3.40. The SMILES string of the molecule is O/N=C1/CCC[C@H]1Sc1ncccn1. The van der Waals surface area contributed by atoms with E-state index in [1.165, 1.54) is 0 Å². The lowest BCUT2D eigenvalue weighted by atomic mass is 10.3. The topological polar surface area (TPSA) is 58.4 Å². The molecule has 1 heterocycles. The molecule has 1 aliphatic rings. The van der Waals surface area contributed by atoms with Crippen LogP contribution in [-0.2, 0) is 0 Å². The van der Waals surface area contributed by atoms with Crippen molar-refractivity contribution < 1.29 is 5.21 Å². The molecule has 0 unspecified atom stereocenters. The molecule has 0 spiro atoms. The minimum atomic E-state index is 0.252. The molecule has 5 heteroatoms. The molecule has 1 aromatic heterocycles. The predicted molar refractivity (Wildman–Crippen MR) is 54.7 cm³/mol. The molecule has 0 aliphatic heterocycles. The molecule has 0 bridgehead atoms. The van der Waals surface area contributed by atoms with Crippen molar-refractivity contribution >= 4 is 17.5 Å². The maximum Gasteiger partial charge on any atom is 0.188 e. The van der Waals surface area contributed by atoms with Crippen molar-refractivity contribution in [3.63, 3.8) is 0 Å². The fourth-order valence-electron chi connectivity index (χ4n) is 1.51. The normalized spacial score (nSPS) is 24.3. The monoisotopic (exact) mass is 209 g/mol. The summed E-state index contributed by atoms with van der Waals surface area (Å²) in [6.45, 7) is 0. The van der Waals surface area contributed by atoms with Gasteiger partial charge in [-0.3, -0.25) is 0 Å². The molecule has 1 atom stereocenters. The molecule has 1 aliphatic carbocycles. The van der Waals surface area contributed by atoms with E-state index in [2.05, 4.69) is 15.1 Å². The molecule has 14 heavy (non-hydrogen) atoms. The summed E-state index contributed by atoms with van der Waals surface area (Å²) in [4.78, 5) is 8.25. The Morgan fingerprint density at radius 1 is 1.43 bits per heavy atom. The quantitative estimate of drug-likeness (QED) is 0.459. The summed E-state index contributed by atoms with van der Waals surface area (Å²) in [5.74, 6) is 0. The van der Waals surface area contributed by atoms with Crippen LogP contribution in [0.4, 0.5) is 0 Å². The van der Waals surface area contributed by atoms with E-state index >= 15 is 0 Å². The molecule has 0 saturated heterocycles. The van der Waals surface area contributed by atoms with Crippen LogP contribution in [0.1, 0.15) is 19.3 Å². The standard InChI is InChI=1S/C9H11N3OS/c13-12-7-3-1-4-8(7)14-9-10-5-2-6-11-9/h2,5-6,8,13H,1,3-4H2/b12-7-/t8-/m1/s1. The second kappa shape index (κ2) is 4.41. The Morgan fingerprint density at radius 2 is 2.21 bits per heavy atom. The van der Waals surface area contributed by atoms with E-state index in [4.69, 9.17) is 5.21 Å². The van der Waals surface area contributed by atoms with Gasteiger partial charge in [0.1, 0.15) is 0 Å². The summed E-state index contributed by atoms with van der Waals surface area (Å²) in [5, 5.41) is 13.1. The Balaban J connectivity index is 2.04. The molecule has 0 aromatic carbocycles. The third-order valence-electron chi connectivity index (χ3n) is 2.19. The van der Waals surface area contributed by atoms with Crippen LogP contribution in [0.2, 0.25) is 0 Å². The Bertz CT molecular complexity index is 328. The van der Waals surface area contributed by atoms with Crippen molar-refractivity contribution in [3.05, 3.63) is 18.5 Å². The van der Waals surface area contributed by atoms with Gasteiger partial charge in [0, 0.05) is 12.4 Å². The summed E-state index contributed by atoms with van der Waals surface area (Å²) in [6.07, 6.45) is 6.47. The van der Waals surface area contributed by atoms with Gasteiger partial charge >= 0.3 is 0 Å². The Labute approximate surface area is 86.5 Å². The number of aromatic nitrogens is 2. The molecule has 1 N–H and O–H groups in total. The van der Waals surface area contributed by atoms with Gasteiger partial charge in [-0.05, 0) is 25.3 Å². The van der Waals surface area contributed by atoms with Gasteiger partial charge < -0.3 is 5.21 Å². The molecular formula is C9H11N3OS. The number of hydrogen-bond acceptors (Lipinski definition) is 5. The van der Waals surface area contributed by atoms with Crippen molar-refractivity contribution in [1.29, 1.82) is 0 Å². The zero-order chi connectivity index (χ0) is 9.80. The minimum Gasteiger partial charge on any atom is -0.411 e. The largest absolute Gasteiger partial charge is 0.411 e. The maximum absolute atomic E-state index is 8.75. The molecule has 0 amide bonds. The fraction of sp³-hybridized carbons (Fsp3) is 0.444. The van der Waals surface area contributed by atoms with Gasteiger partial charge in [0.2, 0.25) is 0 Å². The molecule has 74 valence electrons. The maximum atomic E-state index is 8.75. The fourth-order valence-corrected chi connectivity index (χ4v) is 2.59. The number of nitrogens with zero attached hydrogens (tertiary/aromatic N) is 3. The highest BCUT2D eigenvalue weighted by Crippen LogP contribution is 2.30. The van der Waals surface area contributed by atoms with Crippen LogP contribution in [0.15, 0.2) is 28.8 Å². The van der Waals surface area contributed by atoms with Crippen molar-refractivity contribution in [2.45, 2.75) is 29.7 Å². The Kier molecular flexibility index (Phi) is 2.98. The zero-order valence-corrected chi connectivity index (χ0v) is 8.44. The van der Waals surface area contributed by atoms with Crippen LogP contribution < -0.4 is 0 Å². The number of hydrogen-bond donors (Lipinski definition) is 1. The second-order valence-electron chi connectivity index (χ2n) is 3.12. The van der Waals surface area contributed by atoms with Crippen molar-refractivity contribution in [3.8, 4) is 0 Å². The molecule has 4 nitrogen and oxygen atoms in total. The van der Waals surface area contributed by atoms with Gasteiger partial charge in [-0.1, -0.05) is 16.9 Å². The van der Waals surface area contributed by atoms with Crippen LogP contribution in [0.25, 0.3) is 0 Å². The molecule has 2 rings (SSSR count). The van der Waals surface area contributed by atoms with Gasteiger partial charge in [-0.2, -0.15) is 0 Å². The third kappa shape index (κ3) is 2.04. The smallest absolute Gasteiger partial charge is 0.188 e. The van der Waals surface area contributed by atoms with E-state index in [1.54, 1.807) is 30.2 Å². The van der Waals surface area contributed by atoms with Gasteiger partial charge in [0.05, 0.1) is 11.0 Å². The first kappa shape index (κ1) is 9.45. The van der Waals surface area contributed by atoms with Crippen LogP contribution in [0, 0.1) is 0 Å². The first-order valence-corrected chi connectivity index (χ1v) is 5.42. The first-order valence-electron chi connectivity index (χ1n) is 4.54. The van der Waals surface area contributed by atoms with E-state index in [0.29, 0.717) is 0 Å². The summed E-state index contributed by atoms with van der Waals surface area (Å²) in [6, 6.07) is 1.79. The first-order chi connectivity index (χ1) is 6.90. The molecule has 1 aromatic rings. The van der Waals surface area contributed by atoms with Crippen molar-refractivity contribution in [2.75, 3.05) is 0 Å². The molecule has 1 fully saturated rings. The summed E-state index contributed by atoms with van der Waals surface area (Å²) in [7, 11) is 0. The van der Waals surface area contributed by atoms with Crippen LogP contribution in [-0.4, -0.2) is 26.1 Å². The van der Waals surface area contributed by atoms with E-state index in [0.717, 1.165) is 30.1 Å². The van der Waals surface area contributed by atoms with Crippen LogP contribution in [0.5, 0.6) is 0 Å². The summed E-state index contributed by atoms with van der Waals surface area (Å²) >= 11 is 1.57. The summed E-state index contributed by atoms with van der Waals surface area (Å²) < 4.78 is 0. The van der Waals surface area contributed by atoms with Crippen molar-refractivity contribution in [2.24, 2.45) is 5.16 Å². The van der Waals surface area contributed by atoms with E-state index in [9.17, 15) is 0 Å². The molecular weight excluding hydrogens is 198 g/mol. The average molecular weight is 209 g/mol. The highest BCUT2D eigenvalue weighted by atomic mass is 32.2.